The van der Waals surface area contributed by atoms with Gasteiger partial charge in [-0.3, -0.25) is 0 Å². The van der Waals surface area contributed by atoms with E-state index >= 15 is 0 Å². The highest BCUT2D eigenvalue weighted by Gasteiger charge is 2.48. The predicted octanol–water partition coefficient (Wildman–Crippen LogP) is 1.14. The van der Waals surface area contributed by atoms with E-state index in [1.807, 2.05) is 0 Å². The molecule has 0 aliphatic heterocycles. The molecule has 4 heteroatoms. The van der Waals surface area contributed by atoms with Crippen molar-refractivity contribution in [2.45, 2.75) is 18.5 Å². The highest BCUT2D eigenvalue weighted by atomic mass is 19.1. The Labute approximate surface area is 62.9 Å². The van der Waals surface area contributed by atoms with Crippen LogP contribution in [0.5, 0.6) is 5.88 Å². The maximum atomic E-state index is 13.2. The van der Waals surface area contributed by atoms with Gasteiger partial charge in [-0.05, 0) is 12.8 Å². The zero-order valence-corrected chi connectivity index (χ0v) is 5.79. The number of alkyl halides is 1. The van der Waals surface area contributed by atoms with Crippen LogP contribution in [0.25, 0.3) is 0 Å². The van der Waals surface area contributed by atoms with Crippen LogP contribution < -0.4 is 0 Å². The quantitative estimate of drug-likeness (QED) is 0.659. The van der Waals surface area contributed by atoms with Crippen LogP contribution in [-0.2, 0) is 5.67 Å². The molecule has 0 aromatic carbocycles. The average molecular weight is 154 g/mol. The highest BCUT2D eigenvalue weighted by Crippen LogP contribution is 2.47. The molecule has 11 heavy (non-hydrogen) atoms. The first-order chi connectivity index (χ1) is 5.21. The summed E-state index contributed by atoms with van der Waals surface area (Å²) in [5.41, 5.74) is -1.35. The van der Waals surface area contributed by atoms with Gasteiger partial charge in [-0.1, -0.05) is 0 Å². The van der Waals surface area contributed by atoms with E-state index in [4.69, 9.17) is 5.11 Å². The van der Waals surface area contributed by atoms with Gasteiger partial charge >= 0.3 is 0 Å². The van der Waals surface area contributed by atoms with Gasteiger partial charge in [0.1, 0.15) is 0 Å². The van der Waals surface area contributed by atoms with Crippen molar-refractivity contribution >= 4 is 0 Å². The van der Waals surface area contributed by atoms with Crippen molar-refractivity contribution in [3.63, 3.8) is 0 Å². The van der Waals surface area contributed by atoms with E-state index in [0.717, 1.165) is 0 Å². The second-order valence-electron chi connectivity index (χ2n) is 2.70. The lowest BCUT2D eigenvalue weighted by Crippen LogP contribution is -2.03. The highest BCUT2D eigenvalue weighted by molar-refractivity contribution is 5.16. The van der Waals surface area contributed by atoms with Gasteiger partial charge in [0.25, 0.3) is 0 Å². The van der Waals surface area contributed by atoms with Gasteiger partial charge < -0.3 is 5.11 Å². The summed E-state index contributed by atoms with van der Waals surface area (Å²) in [5, 5.41) is 8.89. The lowest BCUT2D eigenvalue weighted by Gasteiger charge is -2.01. The van der Waals surface area contributed by atoms with Crippen LogP contribution in [0.4, 0.5) is 4.39 Å². The van der Waals surface area contributed by atoms with E-state index in [1.165, 1.54) is 12.3 Å². The van der Waals surface area contributed by atoms with Crippen LogP contribution in [0.3, 0.4) is 0 Å². The molecule has 3 nitrogen and oxygen atoms in total. The molecule has 0 atom stereocenters. The van der Waals surface area contributed by atoms with E-state index in [1.54, 1.807) is 0 Å². The topological polar surface area (TPSA) is 46.0 Å². The van der Waals surface area contributed by atoms with Gasteiger partial charge in [-0.2, -0.15) is 4.98 Å². The third-order valence-corrected chi connectivity index (χ3v) is 1.73. The number of rotatable bonds is 1. The molecule has 1 N–H and O–H groups in total. The predicted molar refractivity (Wildman–Crippen MR) is 35.7 cm³/mol. The normalized spacial score (nSPS) is 19.7. The SMILES string of the molecule is Oc1ccnc(C2(F)CC2)n1. The van der Waals surface area contributed by atoms with Gasteiger partial charge in [0.15, 0.2) is 11.5 Å². The number of aromatic hydroxyl groups is 1. The summed E-state index contributed by atoms with van der Waals surface area (Å²) in [6, 6.07) is 1.33. The Morgan fingerprint density at radius 3 is 2.82 bits per heavy atom. The molecular weight excluding hydrogens is 147 g/mol. The molecule has 0 saturated heterocycles. The first kappa shape index (κ1) is 6.52. The molecule has 1 saturated carbocycles. The van der Waals surface area contributed by atoms with Crippen LogP contribution in [-0.4, -0.2) is 15.1 Å². The minimum atomic E-state index is -1.35. The summed E-state index contributed by atoms with van der Waals surface area (Å²) in [4.78, 5) is 7.30. The van der Waals surface area contributed by atoms with Crippen molar-refractivity contribution in [1.82, 2.24) is 9.97 Å². The van der Waals surface area contributed by atoms with Gasteiger partial charge in [0.2, 0.25) is 5.88 Å². The summed E-state index contributed by atoms with van der Waals surface area (Å²) < 4.78 is 13.2. The van der Waals surface area contributed by atoms with Crippen molar-refractivity contribution in [1.29, 1.82) is 0 Å². The summed E-state index contributed by atoms with van der Waals surface area (Å²) >= 11 is 0. The second kappa shape index (κ2) is 1.90. The van der Waals surface area contributed by atoms with Gasteiger partial charge in [-0.25, -0.2) is 9.37 Å². The monoisotopic (exact) mass is 154 g/mol. The lowest BCUT2D eigenvalue weighted by atomic mass is 10.3. The largest absolute Gasteiger partial charge is 0.493 e. The molecule has 2 rings (SSSR count). The van der Waals surface area contributed by atoms with Crippen LogP contribution in [0.1, 0.15) is 18.7 Å². The molecule has 0 bridgehead atoms. The van der Waals surface area contributed by atoms with Crippen LogP contribution in [0.15, 0.2) is 12.3 Å². The zero-order valence-electron chi connectivity index (χ0n) is 5.79. The molecule has 0 radical (unpaired) electrons. The molecule has 1 heterocycles. The minimum Gasteiger partial charge on any atom is -0.493 e. The van der Waals surface area contributed by atoms with Crippen molar-refractivity contribution in [3.8, 4) is 5.88 Å². The van der Waals surface area contributed by atoms with Crippen molar-refractivity contribution in [3.05, 3.63) is 18.1 Å². The first-order valence-corrected chi connectivity index (χ1v) is 3.42. The van der Waals surface area contributed by atoms with Crippen molar-refractivity contribution < 1.29 is 9.50 Å². The Morgan fingerprint density at radius 1 is 1.55 bits per heavy atom. The maximum Gasteiger partial charge on any atom is 0.214 e. The van der Waals surface area contributed by atoms with E-state index in [9.17, 15) is 4.39 Å². The molecule has 1 aliphatic rings. The average Bonchev–Trinajstić information content (AvgIpc) is 2.70. The molecular formula is C7H7FN2O. The summed E-state index contributed by atoms with van der Waals surface area (Å²) in [7, 11) is 0. The van der Waals surface area contributed by atoms with Gasteiger partial charge in [-0.15, -0.1) is 0 Å². The van der Waals surface area contributed by atoms with Crippen LogP contribution >= 0.6 is 0 Å². The lowest BCUT2D eigenvalue weighted by molar-refractivity contribution is 0.295. The standard InChI is InChI=1S/C7H7FN2O/c8-7(2-3-7)6-9-4-1-5(11)10-6/h1,4H,2-3H2,(H,9,10,11). The molecule has 0 spiro atoms. The molecule has 1 aromatic rings. The third-order valence-electron chi connectivity index (χ3n) is 1.73. The molecule has 0 amide bonds. The summed E-state index contributed by atoms with van der Waals surface area (Å²) in [6.45, 7) is 0. The Morgan fingerprint density at radius 2 is 2.27 bits per heavy atom. The van der Waals surface area contributed by atoms with E-state index in [2.05, 4.69) is 9.97 Å². The summed E-state index contributed by atoms with van der Waals surface area (Å²) in [5.74, 6) is -0.0589. The molecule has 1 aromatic heterocycles. The van der Waals surface area contributed by atoms with E-state index < -0.39 is 5.67 Å². The fourth-order valence-corrected chi connectivity index (χ4v) is 0.898. The Kier molecular flexibility index (Phi) is 1.13. The Balaban J connectivity index is 2.38. The number of hydrogen-bond donors (Lipinski definition) is 1. The number of hydrogen-bond acceptors (Lipinski definition) is 3. The maximum absolute atomic E-state index is 13.2. The molecule has 0 unspecified atom stereocenters. The van der Waals surface area contributed by atoms with Crippen molar-refractivity contribution in [2.24, 2.45) is 0 Å². The number of halogens is 1. The smallest absolute Gasteiger partial charge is 0.214 e. The van der Waals surface area contributed by atoms with E-state index in [-0.39, 0.29) is 11.7 Å². The van der Waals surface area contributed by atoms with E-state index in [0.29, 0.717) is 12.8 Å². The van der Waals surface area contributed by atoms with Crippen LogP contribution in [0.2, 0.25) is 0 Å². The fraction of sp³-hybridized carbons (Fsp3) is 0.429. The molecule has 1 aliphatic carbocycles. The minimum absolute atomic E-state index is 0.109. The van der Waals surface area contributed by atoms with Gasteiger partial charge in [0.05, 0.1) is 0 Å². The summed E-state index contributed by atoms with van der Waals surface area (Å²) in [6.07, 6.45) is 2.30. The van der Waals surface area contributed by atoms with Gasteiger partial charge in [0, 0.05) is 12.3 Å². The van der Waals surface area contributed by atoms with Crippen molar-refractivity contribution in [2.75, 3.05) is 0 Å². The third kappa shape index (κ3) is 1.04. The second-order valence-corrected chi connectivity index (χ2v) is 2.70. The number of nitrogens with zero attached hydrogens (tertiary/aromatic N) is 2. The Bertz CT molecular complexity index is 286. The molecule has 1 fully saturated rings. The molecule has 58 valence electrons. The zero-order chi connectivity index (χ0) is 7.90. The Hall–Kier alpha value is -1.19. The number of aromatic nitrogens is 2. The fourth-order valence-electron chi connectivity index (χ4n) is 0.898. The van der Waals surface area contributed by atoms with Crippen LogP contribution in [0, 0.1) is 0 Å². The first-order valence-electron chi connectivity index (χ1n) is 3.42.